The predicted molar refractivity (Wildman–Crippen MR) is 229 cm³/mol. The van der Waals surface area contributed by atoms with E-state index in [1.54, 1.807) is 0 Å². The molecule has 12 rings (SSSR count). The quantitative estimate of drug-likeness (QED) is 0.159. The van der Waals surface area contributed by atoms with Crippen LogP contribution in [0.2, 0.25) is 0 Å². The van der Waals surface area contributed by atoms with E-state index in [1.165, 1.54) is 113 Å². The van der Waals surface area contributed by atoms with Crippen LogP contribution in [0.25, 0.3) is 102 Å². The molecule has 0 radical (unpaired) electrons. The average Bonchev–Trinajstić information content (AvgIpc) is 3.82. The number of rotatable bonds is 2. The number of thiophene rings is 1. The summed E-state index contributed by atoms with van der Waals surface area (Å²) in [5, 5.41) is 13.2. The molecule has 0 unspecified atom stereocenters. The highest BCUT2D eigenvalue weighted by molar-refractivity contribution is 7.25. The van der Waals surface area contributed by atoms with Crippen molar-refractivity contribution in [3.63, 3.8) is 0 Å². The molecule has 1 aliphatic carbocycles. The van der Waals surface area contributed by atoms with Gasteiger partial charge in [0.05, 0.1) is 11.0 Å². The van der Waals surface area contributed by atoms with Gasteiger partial charge >= 0.3 is 0 Å². The van der Waals surface area contributed by atoms with Gasteiger partial charge in [0.2, 0.25) is 0 Å². The first-order valence-corrected chi connectivity index (χ1v) is 19.3. The van der Waals surface area contributed by atoms with Crippen LogP contribution in [-0.4, -0.2) is 4.57 Å². The summed E-state index contributed by atoms with van der Waals surface area (Å²) >= 11 is 1.91. The first-order valence-electron chi connectivity index (χ1n) is 18.5. The smallest absolute Gasteiger partial charge is 0.0541 e. The number of aromatic nitrogens is 1. The van der Waals surface area contributed by atoms with Gasteiger partial charge in [-0.25, -0.2) is 0 Å². The van der Waals surface area contributed by atoms with Gasteiger partial charge in [-0.05, 0) is 114 Å². The zero-order valence-corrected chi connectivity index (χ0v) is 30.3. The summed E-state index contributed by atoms with van der Waals surface area (Å²) in [5.41, 5.74) is 11.6. The lowest BCUT2D eigenvalue weighted by Gasteiger charge is -2.23. The molecule has 0 saturated carbocycles. The number of para-hydroxylation sites is 1. The SMILES string of the molecule is CC1(C)c2cc(-n3c4ccccc4c4cc(-c5ccc6c7ccccc7c7ccccc7c6c5)ccc43)ccc2-c2ccc3sc4ccccc4c3c21. The molecule has 0 atom stereocenters. The predicted octanol–water partition coefficient (Wildman–Crippen LogP) is 14.6. The highest BCUT2D eigenvalue weighted by Crippen LogP contribution is 2.54. The highest BCUT2D eigenvalue weighted by atomic mass is 32.1. The maximum atomic E-state index is 2.48. The normalized spacial score (nSPS) is 13.6. The molecule has 0 bridgehead atoms. The molecule has 53 heavy (non-hydrogen) atoms. The zero-order valence-electron chi connectivity index (χ0n) is 29.4. The lowest BCUT2D eigenvalue weighted by Crippen LogP contribution is -2.15. The molecule has 2 heterocycles. The Morgan fingerprint density at radius 3 is 1.74 bits per heavy atom. The molecule has 0 spiro atoms. The first kappa shape index (κ1) is 29.4. The zero-order chi connectivity index (χ0) is 35.0. The Hall–Kier alpha value is -6.22. The van der Waals surface area contributed by atoms with Crippen molar-refractivity contribution in [1.29, 1.82) is 0 Å². The van der Waals surface area contributed by atoms with Gasteiger partial charge in [0, 0.05) is 42.0 Å². The van der Waals surface area contributed by atoms with E-state index in [1.807, 2.05) is 11.3 Å². The van der Waals surface area contributed by atoms with Gasteiger partial charge in [0.25, 0.3) is 0 Å². The third kappa shape index (κ3) is 3.91. The molecule has 9 aromatic carbocycles. The van der Waals surface area contributed by atoms with Crippen molar-refractivity contribution < 1.29 is 0 Å². The molecule has 11 aromatic rings. The molecule has 0 fully saturated rings. The fourth-order valence-corrected chi connectivity index (χ4v) is 10.9. The van der Waals surface area contributed by atoms with Crippen LogP contribution in [-0.2, 0) is 5.41 Å². The van der Waals surface area contributed by atoms with E-state index in [0.717, 1.165) is 0 Å². The molecule has 0 saturated heterocycles. The number of hydrogen-bond acceptors (Lipinski definition) is 1. The lowest BCUT2D eigenvalue weighted by atomic mass is 9.80. The summed E-state index contributed by atoms with van der Waals surface area (Å²) in [6.45, 7) is 4.84. The second kappa shape index (κ2) is 10.4. The molecule has 2 aromatic heterocycles. The molecule has 248 valence electrons. The van der Waals surface area contributed by atoms with E-state index < -0.39 is 0 Å². The van der Waals surface area contributed by atoms with E-state index in [-0.39, 0.29) is 5.41 Å². The minimum absolute atomic E-state index is 0.137. The minimum Gasteiger partial charge on any atom is -0.309 e. The fraction of sp³-hybridized carbons (Fsp3) is 0.0588. The van der Waals surface area contributed by atoms with Crippen LogP contribution in [0.15, 0.2) is 164 Å². The maximum absolute atomic E-state index is 2.48. The van der Waals surface area contributed by atoms with Crippen molar-refractivity contribution in [3.05, 3.63) is 175 Å². The van der Waals surface area contributed by atoms with Gasteiger partial charge in [0.1, 0.15) is 0 Å². The fourth-order valence-electron chi connectivity index (χ4n) is 9.77. The molecule has 0 amide bonds. The van der Waals surface area contributed by atoms with Crippen molar-refractivity contribution in [2.45, 2.75) is 19.3 Å². The Labute approximate surface area is 311 Å². The van der Waals surface area contributed by atoms with Gasteiger partial charge in [-0.15, -0.1) is 11.3 Å². The second-order valence-electron chi connectivity index (χ2n) is 15.3. The Morgan fingerprint density at radius 1 is 0.415 bits per heavy atom. The molecular weight excluding hydrogens is 659 g/mol. The van der Waals surface area contributed by atoms with E-state index in [2.05, 4.69) is 182 Å². The highest BCUT2D eigenvalue weighted by Gasteiger charge is 2.38. The van der Waals surface area contributed by atoms with Gasteiger partial charge in [-0.1, -0.05) is 129 Å². The number of fused-ring (bicyclic) bond motifs is 16. The molecule has 0 aliphatic heterocycles. The van der Waals surface area contributed by atoms with Crippen LogP contribution in [0.3, 0.4) is 0 Å². The number of hydrogen-bond donors (Lipinski definition) is 0. The number of nitrogens with zero attached hydrogens (tertiary/aromatic N) is 1. The molecular formula is C51H33NS. The Morgan fingerprint density at radius 2 is 0.981 bits per heavy atom. The Bertz CT molecular complexity index is 3340. The van der Waals surface area contributed by atoms with Crippen molar-refractivity contribution >= 4 is 85.6 Å². The average molecular weight is 692 g/mol. The van der Waals surface area contributed by atoms with E-state index in [4.69, 9.17) is 0 Å². The lowest BCUT2D eigenvalue weighted by molar-refractivity contribution is 0.666. The summed E-state index contributed by atoms with van der Waals surface area (Å²) < 4.78 is 5.21. The van der Waals surface area contributed by atoms with Crippen molar-refractivity contribution in [2.75, 3.05) is 0 Å². The molecule has 2 heteroatoms. The summed E-state index contributed by atoms with van der Waals surface area (Å²) in [5.74, 6) is 0. The molecule has 1 nitrogen and oxygen atoms in total. The first-order chi connectivity index (χ1) is 26.0. The summed E-state index contributed by atoms with van der Waals surface area (Å²) in [6, 6.07) is 61.4. The molecule has 1 aliphatic rings. The van der Waals surface area contributed by atoms with Crippen LogP contribution in [0, 0.1) is 0 Å². The Kier molecular flexibility index (Phi) is 5.78. The second-order valence-corrected chi connectivity index (χ2v) is 16.3. The topological polar surface area (TPSA) is 4.93 Å². The van der Waals surface area contributed by atoms with Crippen molar-refractivity contribution in [2.24, 2.45) is 0 Å². The van der Waals surface area contributed by atoms with E-state index in [9.17, 15) is 0 Å². The van der Waals surface area contributed by atoms with E-state index in [0.29, 0.717) is 0 Å². The van der Waals surface area contributed by atoms with E-state index >= 15 is 0 Å². The van der Waals surface area contributed by atoms with Gasteiger partial charge in [-0.2, -0.15) is 0 Å². The Balaban J connectivity index is 1.04. The summed E-state index contributed by atoms with van der Waals surface area (Å²) in [7, 11) is 0. The molecule has 0 N–H and O–H groups in total. The van der Waals surface area contributed by atoms with Crippen LogP contribution in [0.4, 0.5) is 0 Å². The summed E-state index contributed by atoms with van der Waals surface area (Å²) in [4.78, 5) is 0. The van der Waals surface area contributed by atoms with Crippen LogP contribution >= 0.6 is 11.3 Å². The van der Waals surface area contributed by atoms with Gasteiger partial charge < -0.3 is 4.57 Å². The van der Waals surface area contributed by atoms with Crippen LogP contribution < -0.4 is 0 Å². The van der Waals surface area contributed by atoms with Gasteiger partial charge in [-0.3, -0.25) is 0 Å². The minimum atomic E-state index is -0.137. The van der Waals surface area contributed by atoms with Crippen LogP contribution in [0.5, 0.6) is 0 Å². The van der Waals surface area contributed by atoms with Crippen molar-refractivity contribution in [1.82, 2.24) is 4.57 Å². The maximum Gasteiger partial charge on any atom is 0.0541 e. The largest absolute Gasteiger partial charge is 0.309 e. The third-order valence-corrected chi connectivity index (χ3v) is 13.3. The standard InChI is InChI=1S/C51H33NS/c1-51(2)44-29-32(21-23-38(44)40-24-26-48-49(50(40)51)41-16-8-10-18-47(41)53-48)52-45-17-9-7-15-39(45)43-28-31(20-25-46(43)52)30-19-22-37-35-13-4-3-11-33(35)34-12-5-6-14-36(34)42(37)27-30/h3-29H,1-2H3. The van der Waals surface area contributed by atoms with Crippen molar-refractivity contribution in [3.8, 4) is 27.9 Å². The summed E-state index contributed by atoms with van der Waals surface area (Å²) in [6.07, 6.45) is 0. The van der Waals surface area contributed by atoms with Gasteiger partial charge in [0.15, 0.2) is 0 Å². The monoisotopic (exact) mass is 691 g/mol. The number of benzene rings is 9. The van der Waals surface area contributed by atoms with Crippen LogP contribution in [0.1, 0.15) is 25.0 Å². The third-order valence-electron chi connectivity index (χ3n) is 12.1.